The van der Waals surface area contributed by atoms with Gasteiger partial charge in [0.15, 0.2) is 0 Å². The second-order valence-corrected chi connectivity index (χ2v) is 12.8. The molecule has 6 nitrogen and oxygen atoms in total. The van der Waals surface area contributed by atoms with Crippen molar-refractivity contribution in [1.82, 2.24) is 0 Å². The predicted molar refractivity (Wildman–Crippen MR) is 123 cm³/mol. The minimum atomic E-state index is -3.90. The highest BCUT2D eigenvalue weighted by Gasteiger charge is 2.66. The average molecular weight is 489 g/mol. The maximum absolute atomic E-state index is 12.8. The van der Waals surface area contributed by atoms with Gasteiger partial charge in [-0.3, -0.25) is 8.37 Å². The standard InChI is InChI=1S/C25H28O6S2/c1-17-3-7-19(8-4-17)32(26,27)30-15-21-22(24-12-11-23(21)25(24)13-14-25)16-31-33(28,29)20-9-5-18(2)6-10-20/h3-12,21-24H,13-16H2,1-2H3. The highest BCUT2D eigenvalue weighted by atomic mass is 32.2. The van der Waals surface area contributed by atoms with E-state index in [1.54, 1.807) is 48.5 Å². The zero-order valence-electron chi connectivity index (χ0n) is 18.7. The Morgan fingerprint density at radius 1 is 0.697 bits per heavy atom. The minimum absolute atomic E-state index is 0.0159. The summed E-state index contributed by atoms with van der Waals surface area (Å²) >= 11 is 0. The quantitative estimate of drug-likeness (QED) is 0.408. The van der Waals surface area contributed by atoms with E-state index in [0.29, 0.717) is 0 Å². The van der Waals surface area contributed by atoms with E-state index >= 15 is 0 Å². The lowest BCUT2D eigenvalue weighted by molar-refractivity contribution is 0.138. The fraction of sp³-hybridized carbons (Fsp3) is 0.440. The van der Waals surface area contributed by atoms with E-state index in [-0.39, 0.29) is 52.1 Å². The first-order chi connectivity index (χ1) is 15.6. The van der Waals surface area contributed by atoms with Gasteiger partial charge in [0.2, 0.25) is 0 Å². The van der Waals surface area contributed by atoms with Gasteiger partial charge in [-0.15, -0.1) is 0 Å². The summed E-state index contributed by atoms with van der Waals surface area (Å²) in [5.41, 5.74) is 2.05. The van der Waals surface area contributed by atoms with Crippen LogP contribution in [0.5, 0.6) is 0 Å². The Labute approximate surface area is 195 Å². The van der Waals surface area contributed by atoms with Crippen LogP contribution < -0.4 is 0 Å². The van der Waals surface area contributed by atoms with Gasteiger partial charge in [-0.25, -0.2) is 0 Å². The summed E-state index contributed by atoms with van der Waals surface area (Å²) in [7, 11) is -7.79. The second-order valence-electron chi connectivity index (χ2n) is 9.60. The second kappa shape index (κ2) is 8.05. The molecule has 2 bridgehead atoms. The van der Waals surface area contributed by atoms with Crippen molar-refractivity contribution >= 4 is 20.2 Å². The van der Waals surface area contributed by atoms with Crippen LogP contribution in [-0.2, 0) is 28.6 Å². The Morgan fingerprint density at radius 3 is 1.39 bits per heavy atom. The third-order valence-electron chi connectivity index (χ3n) is 7.60. The topological polar surface area (TPSA) is 86.7 Å². The van der Waals surface area contributed by atoms with E-state index in [1.165, 1.54) is 0 Å². The first-order valence-electron chi connectivity index (χ1n) is 11.2. The normalized spacial score (nSPS) is 27.3. The summed E-state index contributed by atoms with van der Waals surface area (Å²) in [4.78, 5) is 0.255. The molecular weight excluding hydrogens is 460 g/mol. The van der Waals surface area contributed by atoms with E-state index in [0.717, 1.165) is 24.0 Å². The molecule has 3 aliphatic rings. The van der Waals surface area contributed by atoms with Crippen LogP contribution in [0.4, 0.5) is 0 Å². The van der Waals surface area contributed by atoms with Gasteiger partial charge in [0.1, 0.15) is 0 Å². The Balaban J connectivity index is 1.32. The van der Waals surface area contributed by atoms with Crippen LogP contribution in [0.3, 0.4) is 0 Å². The maximum Gasteiger partial charge on any atom is 0.296 e. The molecule has 2 fully saturated rings. The first-order valence-corrected chi connectivity index (χ1v) is 14.0. The molecule has 0 amide bonds. The lowest BCUT2D eigenvalue weighted by Gasteiger charge is -2.27. The molecule has 0 saturated heterocycles. The molecule has 4 atom stereocenters. The number of benzene rings is 2. The largest absolute Gasteiger partial charge is 0.296 e. The molecular formula is C25H28O6S2. The Morgan fingerprint density at radius 2 is 1.06 bits per heavy atom. The van der Waals surface area contributed by atoms with Crippen LogP contribution in [0, 0.1) is 42.9 Å². The molecule has 0 N–H and O–H groups in total. The third-order valence-corrected chi connectivity index (χ3v) is 10.2. The van der Waals surface area contributed by atoms with Gasteiger partial charge >= 0.3 is 0 Å². The summed E-state index contributed by atoms with van der Waals surface area (Å²) in [6.07, 6.45) is 6.46. The molecule has 176 valence electrons. The summed E-state index contributed by atoms with van der Waals surface area (Å²) < 4.78 is 62.0. The average Bonchev–Trinajstić information content (AvgIpc) is 3.44. The van der Waals surface area contributed by atoms with Crippen molar-refractivity contribution in [3.8, 4) is 0 Å². The van der Waals surface area contributed by atoms with Crippen molar-refractivity contribution < 1.29 is 25.2 Å². The zero-order chi connectivity index (χ0) is 23.4. The van der Waals surface area contributed by atoms with E-state index in [4.69, 9.17) is 8.37 Å². The molecule has 5 rings (SSSR count). The van der Waals surface area contributed by atoms with Crippen LogP contribution >= 0.6 is 0 Å². The summed E-state index contributed by atoms with van der Waals surface area (Å²) in [6.45, 7) is 3.82. The van der Waals surface area contributed by atoms with Gasteiger partial charge in [0.05, 0.1) is 23.0 Å². The van der Waals surface area contributed by atoms with Gasteiger partial charge < -0.3 is 0 Å². The van der Waals surface area contributed by atoms with Gasteiger partial charge in [-0.05, 0) is 80.0 Å². The monoisotopic (exact) mass is 488 g/mol. The predicted octanol–water partition coefficient (Wildman–Crippen LogP) is 4.24. The molecule has 2 aromatic carbocycles. The van der Waals surface area contributed by atoms with Crippen LogP contribution in [0.2, 0.25) is 0 Å². The van der Waals surface area contributed by atoms with Gasteiger partial charge in [0.25, 0.3) is 20.2 Å². The SMILES string of the molecule is Cc1ccc(S(=O)(=O)OCC2C(COS(=O)(=O)c3ccc(C)cc3)C3C=CC2C32CC2)cc1. The molecule has 1 spiro atoms. The molecule has 0 radical (unpaired) electrons. The molecule has 2 aromatic rings. The number of aryl methyl sites for hydroxylation is 2. The maximum atomic E-state index is 12.8. The number of allylic oxidation sites excluding steroid dienone is 2. The van der Waals surface area contributed by atoms with Crippen LogP contribution in [0.1, 0.15) is 24.0 Å². The molecule has 0 heterocycles. The summed E-state index contributed by atoms with van der Waals surface area (Å²) in [6, 6.07) is 13.1. The Hall–Kier alpha value is -2.00. The molecule has 4 unspecified atom stereocenters. The first kappa shape index (κ1) is 22.8. The summed E-state index contributed by atoms with van der Waals surface area (Å²) in [5, 5.41) is 0. The number of hydrogen-bond donors (Lipinski definition) is 0. The molecule has 33 heavy (non-hydrogen) atoms. The summed E-state index contributed by atoms with van der Waals surface area (Å²) in [5.74, 6) is 0.143. The van der Waals surface area contributed by atoms with Crippen molar-refractivity contribution in [3.05, 3.63) is 71.8 Å². The van der Waals surface area contributed by atoms with Crippen LogP contribution in [-0.4, -0.2) is 30.0 Å². The lowest BCUT2D eigenvalue weighted by atomic mass is 9.84. The fourth-order valence-electron chi connectivity index (χ4n) is 5.66. The van der Waals surface area contributed by atoms with Gasteiger partial charge in [0, 0.05) is 0 Å². The molecule has 2 saturated carbocycles. The lowest BCUT2D eigenvalue weighted by Crippen LogP contribution is -2.30. The van der Waals surface area contributed by atoms with Crippen molar-refractivity contribution in [2.75, 3.05) is 13.2 Å². The molecule has 0 aliphatic heterocycles. The van der Waals surface area contributed by atoms with Crippen LogP contribution in [0.25, 0.3) is 0 Å². The van der Waals surface area contributed by atoms with E-state index in [2.05, 4.69) is 12.2 Å². The number of rotatable bonds is 8. The third kappa shape index (κ3) is 4.07. The Kier molecular flexibility index (Phi) is 5.55. The van der Waals surface area contributed by atoms with Gasteiger partial charge in [-0.1, -0.05) is 47.5 Å². The van der Waals surface area contributed by atoms with Crippen molar-refractivity contribution in [2.24, 2.45) is 29.1 Å². The van der Waals surface area contributed by atoms with E-state index in [9.17, 15) is 16.8 Å². The van der Waals surface area contributed by atoms with Crippen LogP contribution in [0.15, 0.2) is 70.5 Å². The number of hydrogen-bond acceptors (Lipinski definition) is 6. The Bertz CT molecular complexity index is 1180. The smallest absolute Gasteiger partial charge is 0.266 e. The molecule has 3 aliphatic carbocycles. The van der Waals surface area contributed by atoms with Crippen molar-refractivity contribution in [1.29, 1.82) is 0 Å². The van der Waals surface area contributed by atoms with Crippen molar-refractivity contribution in [2.45, 2.75) is 36.5 Å². The van der Waals surface area contributed by atoms with E-state index < -0.39 is 20.2 Å². The molecule has 0 aromatic heterocycles. The highest BCUT2D eigenvalue weighted by molar-refractivity contribution is 7.87. The van der Waals surface area contributed by atoms with E-state index in [1.807, 2.05) is 13.8 Å². The highest BCUT2D eigenvalue weighted by Crippen LogP contribution is 2.72. The van der Waals surface area contributed by atoms with Gasteiger partial charge in [-0.2, -0.15) is 16.8 Å². The van der Waals surface area contributed by atoms with Crippen molar-refractivity contribution in [3.63, 3.8) is 0 Å². The zero-order valence-corrected chi connectivity index (χ0v) is 20.3. The minimum Gasteiger partial charge on any atom is -0.266 e. The fourth-order valence-corrected chi connectivity index (χ4v) is 7.55. The molecule has 8 heteroatoms.